The lowest BCUT2D eigenvalue weighted by Gasteiger charge is -2.12. The van der Waals surface area contributed by atoms with Crippen LogP contribution in [0.2, 0.25) is 10.0 Å². The van der Waals surface area contributed by atoms with Crippen LogP contribution >= 0.6 is 23.2 Å². The summed E-state index contributed by atoms with van der Waals surface area (Å²) in [5, 5.41) is 6.79. The van der Waals surface area contributed by atoms with Gasteiger partial charge in [-0.2, -0.15) is 0 Å². The normalized spacial score (nSPS) is 11.8. The molecular weight excluding hydrogens is 321 g/mol. The molecule has 0 fully saturated rings. The molecule has 1 heterocycles. The van der Waals surface area contributed by atoms with E-state index in [0.29, 0.717) is 27.3 Å². The van der Waals surface area contributed by atoms with Crippen LogP contribution in [0.15, 0.2) is 36.5 Å². The van der Waals surface area contributed by atoms with Crippen molar-refractivity contribution in [3.05, 3.63) is 52.1 Å². The van der Waals surface area contributed by atoms with E-state index in [1.54, 1.807) is 24.4 Å². The van der Waals surface area contributed by atoms with E-state index in [1.807, 2.05) is 6.07 Å². The first-order valence-electron chi connectivity index (χ1n) is 6.98. The van der Waals surface area contributed by atoms with Crippen molar-refractivity contribution in [2.24, 2.45) is 0 Å². The predicted octanol–water partition coefficient (Wildman–Crippen LogP) is 4.85. The van der Waals surface area contributed by atoms with Crippen LogP contribution in [0.4, 0.5) is 11.5 Å². The van der Waals surface area contributed by atoms with Crippen molar-refractivity contribution in [3.63, 3.8) is 0 Å². The average Bonchev–Trinajstić information content (AvgIpc) is 2.51. The number of rotatable bonds is 5. The molecule has 1 aromatic heterocycles. The van der Waals surface area contributed by atoms with Crippen LogP contribution in [0.3, 0.4) is 0 Å². The highest BCUT2D eigenvalue weighted by Gasteiger charge is 2.09. The standard InChI is InChI=1S/C16H17Cl2N3O/c1-3-10(2)20-15-7-5-12(9-19-15)21-16(22)11-4-6-13(17)14(18)8-11/h4-10H,3H2,1-2H3,(H,19,20)(H,21,22). The molecule has 0 aliphatic rings. The number of benzene rings is 1. The summed E-state index contributed by atoms with van der Waals surface area (Å²) in [6, 6.07) is 8.73. The number of hydrogen-bond donors (Lipinski definition) is 2. The smallest absolute Gasteiger partial charge is 0.255 e. The summed E-state index contributed by atoms with van der Waals surface area (Å²) in [4.78, 5) is 16.4. The van der Waals surface area contributed by atoms with E-state index < -0.39 is 0 Å². The third-order valence-corrected chi connectivity index (χ3v) is 3.95. The van der Waals surface area contributed by atoms with Crippen molar-refractivity contribution in [2.45, 2.75) is 26.3 Å². The van der Waals surface area contributed by atoms with Gasteiger partial charge in [0.05, 0.1) is 21.9 Å². The van der Waals surface area contributed by atoms with E-state index in [9.17, 15) is 4.79 Å². The van der Waals surface area contributed by atoms with Gasteiger partial charge in [-0.3, -0.25) is 4.79 Å². The van der Waals surface area contributed by atoms with Crippen molar-refractivity contribution >= 4 is 40.6 Å². The number of carbonyl (C=O) groups excluding carboxylic acids is 1. The van der Waals surface area contributed by atoms with Crippen molar-refractivity contribution < 1.29 is 4.79 Å². The predicted molar refractivity (Wildman–Crippen MR) is 92.0 cm³/mol. The number of anilines is 2. The lowest BCUT2D eigenvalue weighted by Crippen LogP contribution is -2.15. The Morgan fingerprint density at radius 2 is 2.00 bits per heavy atom. The Hall–Kier alpha value is -1.78. The van der Waals surface area contributed by atoms with Gasteiger partial charge in [-0.1, -0.05) is 30.1 Å². The van der Waals surface area contributed by atoms with Crippen LogP contribution in [-0.4, -0.2) is 16.9 Å². The number of nitrogens with zero attached hydrogens (tertiary/aromatic N) is 1. The average molecular weight is 338 g/mol. The number of aromatic nitrogens is 1. The molecule has 0 spiro atoms. The summed E-state index contributed by atoms with van der Waals surface area (Å²) in [5.74, 6) is 0.518. The quantitative estimate of drug-likeness (QED) is 0.819. The minimum absolute atomic E-state index is 0.261. The van der Waals surface area contributed by atoms with E-state index in [-0.39, 0.29) is 5.91 Å². The number of nitrogens with one attached hydrogen (secondary N) is 2. The van der Waals surface area contributed by atoms with Gasteiger partial charge in [0.15, 0.2) is 0 Å². The lowest BCUT2D eigenvalue weighted by atomic mass is 10.2. The molecule has 0 saturated heterocycles. The van der Waals surface area contributed by atoms with E-state index in [2.05, 4.69) is 29.5 Å². The molecule has 22 heavy (non-hydrogen) atoms. The molecule has 0 aliphatic heterocycles. The molecule has 2 rings (SSSR count). The van der Waals surface area contributed by atoms with Crippen LogP contribution in [0.5, 0.6) is 0 Å². The van der Waals surface area contributed by atoms with Gasteiger partial charge in [0.25, 0.3) is 5.91 Å². The fraction of sp³-hybridized carbons (Fsp3) is 0.250. The zero-order valence-corrected chi connectivity index (χ0v) is 13.9. The number of pyridine rings is 1. The van der Waals surface area contributed by atoms with Gasteiger partial charge in [0, 0.05) is 11.6 Å². The van der Waals surface area contributed by atoms with E-state index in [4.69, 9.17) is 23.2 Å². The van der Waals surface area contributed by atoms with E-state index in [1.165, 1.54) is 6.07 Å². The van der Waals surface area contributed by atoms with Gasteiger partial charge < -0.3 is 10.6 Å². The largest absolute Gasteiger partial charge is 0.368 e. The number of hydrogen-bond acceptors (Lipinski definition) is 3. The van der Waals surface area contributed by atoms with Crippen molar-refractivity contribution in [3.8, 4) is 0 Å². The first kappa shape index (κ1) is 16.6. The van der Waals surface area contributed by atoms with Crippen LogP contribution < -0.4 is 10.6 Å². The second-order valence-corrected chi connectivity index (χ2v) is 5.78. The van der Waals surface area contributed by atoms with Gasteiger partial charge >= 0.3 is 0 Å². The number of amides is 1. The third-order valence-electron chi connectivity index (χ3n) is 3.21. The Kier molecular flexibility index (Phi) is 5.63. The Bertz CT molecular complexity index is 659. The van der Waals surface area contributed by atoms with Crippen LogP contribution in [0.1, 0.15) is 30.6 Å². The topological polar surface area (TPSA) is 54.0 Å². The van der Waals surface area contributed by atoms with E-state index in [0.717, 1.165) is 12.2 Å². The Morgan fingerprint density at radius 1 is 1.23 bits per heavy atom. The molecule has 1 amide bonds. The van der Waals surface area contributed by atoms with Gasteiger partial charge in [0.2, 0.25) is 0 Å². The molecule has 0 radical (unpaired) electrons. The van der Waals surface area contributed by atoms with E-state index >= 15 is 0 Å². The van der Waals surface area contributed by atoms with Crippen molar-refractivity contribution in [2.75, 3.05) is 10.6 Å². The second-order valence-electron chi connectivity index (χ2n) is 4.97. The minimum atomic E-state index is -0.261. The number of halogens is 2. The molecular formula is C16H17Cl2N3O. The fourth-order valence-corrected chi connectivity index (χ4v) is 2.05. The second kappa shape index (κ2) is 7.47. The SMILES string of the molecule is CCC(C)Nc1ccc(NC(=O)c2ccc(Cl)c(Cl)c2)cn1. The highest BCUT2D eigenvalue weighted by atomic mass is 35.5. The highest BCUT2D eigenvalue weighted by molar-refractivity contribution is 6.42. The molecule has 0 bridgehead atoms. The molecule has 1 aromatic carbocycles. The summed E-state index contributed by atoms with van der Waals surface area (Å²) in [6.07, 6.45) is 2.62. The highest BCUT2D eigenvalue weighted by Crippen LogP contribution is 2.23. The van der Waals surface area contributed by atoms with Crippen LogP contribution in [0.25, 0.3) is 0 Å². The summed E-state index contributed by atoms with van der Waals surface area (Å²) >= 11 is 11.7. The molecule has 1 unspecified atom stereocenters. The molecule has 2 N–H and O–H groups in total. The zero-order chi connectivity index (χ0) is 16.1. The zero-order valence-electron chi connectivity index (χ0n) is 12.4. The van der Waals surface area contributed by atoms with Gasteiger partial charge in [-0.05, 0) is 43.7 Å². The Labute approximate surface area is 139 Å². The maximum Gasteiger partial charge on any atom is 0.255 e. The maximum atomic E-state index is 12.1. The molecule has 0 saturated carbocycles. The first-order valence-corrected chi connectivity index (χ1v) is 7.74. The lowest BCUT2D eigenvalue weighted by molar-refractivity contribution is 0.102. The third kappa shape index (κ3) is 4.36. The van der Waals surface area contributed by atoms with Gasteiger partial charge in [-0.25, -0.2) is 4.98 Å². The van der Waals surface area contributed by atoms with Gasteiger partial charge in [-0.15, -0.1) is 0 Å². The monoisotopic (exact) mass is 337 g/mol. The molecule has 116 valence electrons. The molecule has 1 atom stereocenters. The van der Waals surface area contributed by atoms with Crippen molar-refractivity contribution in [1.29, 1.82) is 0 Å². The summed E-state index contributed by atoms with van der Waals surface area (Å²) in [5.41, 5.74) is 1.06. The summed E-state index contributed by atoms with van der Waals surface area (Å²) in [7, 11) is 0. The molecule has 0 aliphatic carbocycles. The first-order chi connectivity index (χ1) is 10.5. The van der Waals surface area contributed by atoms with Gasteiger partial charge in [0.1, 0.15) is 5.82 Å². The molecule has 6 heteroatoms. The fourth-order valence-electron chi connectivity index (χ4n) is 1.75. The summed E-state index contributed by atoms with van der Waals surface area (Å²) in [6.45, 7) is 4.19. The van der Waals surface area contributed by atoms with Crippen LogP contribution in [-0.2, 0) is 0 Å². The molecule has 4 nitrogen and oxygen atoms in total. The summed E-state index contributed by atoms with van der Waals surface area (Å²) < 4.78 is 0. The van der Waals surface area contributed by atoms with Crippen molar-refractivity contribution in [1.82, 2.24) is 4.98 Å². The minimum Gasteiger partial charge on any atom is -0.368 e. The number of carbonyl (C=O) groups is 1. The Morgan fingerprint density at radius 3 is 2.59 bits per heavy atom. The Balaban J connectivity index is 2.03. The maximum absolute atomic E-state index is 12.1. The molecule has 2 aromatic rings. The van der Waals surface area contributed by atoms with Crippen LogP contribution in [0, 0.1) is 0 Å².